The van der Waals surface area contributed by atoms with E-state index in [9.17, 15) is 0 Å². The Morgan fingerprint density at radius 1 is 0.490 bits per heavy atom. The van der Waals surface area contributed by atoms with Gasteiger partial charge in [0.15, 0.2) is 0 Å². The average molecular weight is 742 g/mol. The van der Waals surface area contributed by atoms with Crippen molar-refractivity contribution in [2.24, 2.45) is 0 Å². The molecule has 0 spiro atoms. The summed E-state index contributed by atoms with van der Waals surface area (Å²) in [7, 11) is 0. The van der Waals surface area contributed by atoms with Crippen LogP contribution in [0.15, 0.2) is 132 Å². The molecule has 3 aliphatic rings. The van der Waals surface area contributed by atoms with Crippen LogP contribution in [0.3, 0.4) is 0 Å². The van der Waals surface area contributed by atoms with Crippen LogP contribution in [0.2, 0.25) is 8.26 Å². The van der Waals surface area contributed by atoms with Crippen molar-refractivity contribution in [3.8, 4) is 0 Å². The fourth-order valence-electron chi connectivity index (χ4n) is 11.1. The zero-order chi connectivity index (χ0) is 34.7. The van der Waals surface area contributed by atoms with E-state index in [4.69, 9.17) is 0 Å². The van der Waals surface area contributed by atoms with E-state index in [0.717, 1.165) is 12.8 Å². The van der Waals surface area contributed by atoms with E-state index >= 15 is 0 Å². The summed E-state index contributed by atoms with van der Waals surface area (Å²) in [6.07, 6.45) is 7.33. The Kier molecular flexibility index (Phi) is 8.63. The normalized spacial score (nSPS) is 18.9. The second-order valence-corrected chi connectivity index (χ2v) is 27.1. The van der Waals surface area contributed by atoms with E-state index in [0.29, 0.717) is 7.25 Å². The van der Waals surface area contributed by atoms with Gasteiger partial charge in [0.1, 0.15) is 0 Å². The van der Waals surface area contributed by atoms with Gasteiger partial charge in [0.05, 0.1) is 0 Å². The third-order valence-electron chi connectivity index (χ3n) is 13.1. The van der Waals surface area contributed by atoms with E-state index in [2.05, 4.69) is 149 Å². The molecular weight excluding hydrogens is 692 g/mol. The Morgan fingerprint density at radius 3 is 1.35 bits per heavy atom. The Morgan fingerprint density at radius 2 is 0.902 bits per heavy atom. The Balaban J connectivity index is 1.40. The Hall–Kier alpha value is -3.80. The Labute approximate surface area is 309 Å². The molecule has 51 heavy (non-hydrogen) atoms. The van der Waals surface area contributed by atoms with Crippen LogP contribution >= 0.6 is 0 Å². The van der Waals surface area contributed by atoms with Crippen LogP contribution in [0.1, 0.15) is 105 Å². The first-order valence-electron chi connectivity index (χ1n) is 19.7. The predicted octanol–water partition coefficient (Wildman–Crippen LogP) is 14.1. The van der Waals surface area contributed by atoms with Crippen LogP contribution in [-0.2, 0) is 33.1 Å². The number of hydrogen-bond acceptors (Lipinski definition) is 0. The molecule has 0 radical (unpaired) electrons. The summed E-state index contributed by atoms with van der Waals surface area (Å²) in [5.41, 5.74) is 19.0. The average Bonchev–Trinajstić information content (AvgIpc) is 3.64. The van der Waals surface area contributed by atoms with Crippen molar-refractivity contribution < 1.29 is 20.3 Å². The minimum atomic E-state index is -3.38. The van der Waals surface area contributed by atoms with Crippen molar-refractivity contribution in [1.82, 2.24) is 0 Å². The number of aryl methyl sites for hydroxylation is 2. The quantitative estimate of drug-likeness (QED) is 0.146. The summed E-state index contributed by atoms with van der Waals surface area (Å²) in [4.78, 5) is 0. The van der Waals surface area contributed by atoms with Crippen molar-refractivity contribution in [2.45, 2.75) is 81.7 Å². The predicted molar refractivity (Wildman–Crippen MR) is 216 cm³/mol. The molecule has 0 aromatic heterocycles. The fraction of sp³-hybridized carbons (Fsp3) is 0.280. The Bertz CT molecular complexity index is 2210. The number of rotatable bonds is 8. The maximum atomic E-state index is 2.59. The zero-order valence-electron chi connectivity index (χ0n) is 30.9. The van der Waals surface area contributed by atoms with Crippen LogP contribution in [-0.4, -0.2) is 0 Å². The molecule has 254 valence electrons. The van der Waals surface area contributed by atoms with Gasteiger partial charge in [0, 0.05) is 0 Å². The minimum absolute atomic E-state index is 0.558. The molecule has 0 N–H and O–H groups in total. The van der Waals surface area contributed by atoms with Crippen molar-refractivity contribution >= 4 is 32.7 Å². The van der Waals surface area contributed by atoms with Crippen LogP contribution in [0.25, 0.3) is 32.7 Å². The number of fused-ring (bicyclic) bond motifs is 2. The molecule has 1 heteroatoms. The van der Waals surface area contributed by atoms with E-state index < -0.39 is 20.3 Å². The van der Waals surface area contributed by atoms with Gasteiger partial charge in [-0.15, -0.1) is 0 Å². The standard InChI is InChI=1S/C42H32.2C4H9.Zr/c1-27-25-33-17-7-15-31(41(33)39(27)37-21-9-13-29-11-3-5-19-35(29)37)23-24-32-16-8-18-34-26-28(2)40(42(32)34)38-22-10-14-30-12-4-6-20-36(30)38;2*1-3-4-2;/h3-22,25-26H,23-24H2,1-2H3;2*1,3-4H2,2H3;. The number of unbranched alkanes of at least 4 members (excludes halogenated alkanes) is 2. The summed E-state index contributed by atoms with van der Waals surface area (Å²) in [5, 5.41) is 5.49. The van der Waals surface area contributed by atoms with Gasteiger partial charge in [-0.05, 0) is 0 Å². The number of allylic oxidation sites excluding steroid dienone is 2. The summed E-state index contributed by atoms with van der Waals surface area (Å²) in [6.45, 7) is 10.0. The second-order valence-electron chi connectivity index (χ2n) is 15.7. The SMILES string of the molecule is CCC[CH2][Zr]1([CH2]CCC)[CH]2C(C)=C(c3cccc4ccccc34)c3c(cccc32)CCc2cccc3c2C(c2cccc4ccccc24)=C(C)[CH]31. The summed E-state index contributed by atoms with van der Waals surface area (Å²) in [5.74, 6) is 0. The van der Waals surface area contributed by atoms with Crippen molar-refractivity contribution in [3.63, 3.8) is 0 Å². The molecule has 9 rings (SSSR count). The van der Waals surface area contributed by atoms with Crippen molar-refractivity contribution in [1.29, 1.82) is 0 Å². The summed E-state index contributed by atoms with van der Waals surface area (Å²) >= 11 is -3.38. The number of hydrogen-bond donors (Lipinski definition) is 0. The van der Waals surface area contributed by atoms with Gasteiger partial charge in [-0.25, -0.2) is 0 Å². The molecule has 0 saturated carbocycles. The van der Waals surface area contributed by atoms with Crippen LogP contribution in [0.4, 0.5) is 0 Å². The van der Waals surface area contributed by atoms with E-state index in [1.807, 2.05) is 0 Å². The van der Waals surface area contributed by atoms with E-state index in [1.54, 1.807) is 55.7 Å². The first-order chi connectivity index (χ1) is 25.1. The second kappa shape index (κ2) is 13.3. The molecule has 1 heterocycles. The first kappa shape index (κ1) is 33.1. The van der Waals surface area contributed by atoms with Gasteiger partial charge in [-0.2, -0.15) is 0 Å². The summed E-state index contributed by atoms with van der Waals surface area (Å²) in [6, 6.07) is 47.3. The van der Waals surface area contributed by atoms with E-state index in [-0.39, 0.29) is 0 Å². The molecule has 0 fully saturated rings. The van der Waals surface area contributed by atoms with Gasteiger partial charge < -0.3 is 0 Å². The molecule has 0 saturated heterocycles. The van der Waals surface area contributed by atoms with Crippen molar-refractivity contribution in [3.05, 3.63) is 177 Å². The fourth-order valence-corrected chi connectivity index (χ4v) is 29.5. The molecule has 0 nitrogen and oxygen atoms in total. The third kappa shape index (κ3) is 5.09. The van der Waals surface area contributed by atoms with Gasteiger partial charge in [-0.3, -0.25) is 0 Å². The molecule has 1 aliphatic heterocycles. The third-order valence-corrected chi connectivity index (χ3v) is 28.7. The van der Waals surface area contributed by atoms with Crippen LogP contribution < -0.4 is 0 Å². The molecular formula is C50H50Zr. The zero-order valence-corrected chi connectivity index (χ0v) is 33.3. The first-order valence-corrected chi connectivity index (χ1v) is 26.0. The molecule has 2 unspecified atom stereocenters. The molecule has 6 aromatic carbocycles. The van der Waals surface area contributed by atoms with Gasteiger partial charge in [-0.1, -0.05) is 0 Å². The van der Waals surface area contributed by atoms with Crippen LogP contribution in [0, 0.1) is 0 Å². The van der Waals surface area contributed by atoms with Crippen molar-refractivity contribution in [2.75, 3.05) is 0 Å². The van der Waals surface area contributed by atoms with Gasteiger partial charge in [0.25, 0.3) is 0 Å². The van der Waals surface area contributed by atoms with Crippen LogP contribution in [0.5, 0.6) is 0 Å². The van der Waals surface area contributed by atoms with Gasteiger partial charge in [0.2, 0.25) is 0 Å². The molecule has 0 amide bonds. The number of benzene rings is 6. The maximum absolute atomic E-state index is 3.38. The molecule has 6 aromatic rings. The monoisotopic (exact) mass is 740 g/mol. The summed E-state index contributed by atoms with van der Waals surface area (Å²) < 4.78 is 3.99. The molecule has 2 atom stereocenters. The van der Waals surface area contributed by atoms with E-state index in [1.165, 1.54) is 66.6 Å². The molecule has 2 aliphatic carbocycles. The topological polar surface area (TPSA) is 0 Å². The van der Waals surface area contributed by atoms with Gasteiger partial charge >= 0.3 is 312 Å². The molecule has 8 bridgehead atoms.